The van der Waals surface area contributed by atoms with Crippen molar-refractivity contribution in [3.05, 3.63) is 123 Å². The maximum Gasteiger partial charge on any atom is 0.338 e. The van der Waals surface area contributed by atoms with Gasteiger partial charge in [0.1, 0.15) is 18.4 Å². The van der Waals surface area contributed by atoms with E-state index >= 15 is 0 Å². The molecule has 0 radical (unpaired) electrons. The van der Waals surface area contributed by atoms with Crippen molar-refractivity contribution in [1.29, 1.82) is 0 Å². The average molecular weight is 709 g/mol. The fourth-order valence-corrected chi connectivity index (χ4v) is 6.42. The quantitative estimate of drug-likeness (QED) is 0.121. The van der Waals surface area contributed by atoms with E-state index in [1.54, 1.807) is 63.2 Å². The summed E-state index contributed by atoms with van der Waals surface area (Å²) in [5, 5.41) is 10.9. The van der Waals surface area contributed by atoms with Crippen LogP contribution >= 0.6 is 27.3 Å². The number of thiazole rings is 1. The molecular formula is C33H30BrN3O8S. The summed E-state index contributed by atoms with van der Waals surface area (Å²) in [5.41, 5.74) is 2.39. The molecule has 0 aliphatic carbocycles. The smallest absolute Gasteiger partial charge is 0.338 e. The van der Waals surface area contributed by atoms with E-state index in [1.807, 2.05) is 12.1 Å². The molecule has 13 heteroatoms. The third kappa shape index (κ3) is 6.75. The predicted octanol–water partition coefficient (Wildman–Crippen LogP) is 5.45. The van der Waals surface area contributed by atoms with Crippen molar-refractivity contribution in [2.75, 3.05) is 14.2 Å². The number of methoxy groups -OCH3 is 2. The molecule has 11 nitrogen and oxygen atoms in total. The molecule has 0 bridgehead atoms. The lowest BCUT2D eigenvalue weighted by atomic mass is 9.95. The van der Waals surface area contributed by atoms with Crippen molar-refractivity contribution in [3.8, 4) is 17.2 Å². The normalized spacial score (nSPS) is 14.5. The minimum atomic E-state index is -0.846. The zero-order valence-corrected chi connectivity index (χ0v) is 28.0. The second-order valence-electron chi connectivity index (χ2n) is 10.5. The summed E-state index contributed by atoms with van der Waals surface area (Å²) >= 11 is 4.72. The number of nitro benzene ring substituents is 1. The van der Waals surface area contributed by atoms with Crippen LogP contribution in [-0.2, 0) is 16.1 Å². The summed E-state index contributed by atoms with van der Waals surface area (Å²) in [6.45, 7) is 5.42. The Kier molecular flexibility index (Phi) is 9.73. The van der Waals surface area contributed by atoms with Gasteiger partial charge in [-0.05, 0) is 80.4 Å². The summed E-state index contributed by atoms with van der Waals surface area (Å²) in [6, 6.07) is 15.9. The number of non-ortho nitro benzene ring substituents is 1. The molecule has 1 aliphatic heterocycles. The van der Waals surface area contributed by atoms with Crippen molar-refractivity contribution in [2.45, 2.75) is 39.5 Å². The number of fused-ring (bicyclic) bond motifs is 1. The van der Waals surface area contributed by atoms with Gasteiger partial charge in [-0.25, -0.2) is 9.79 Å². The Morgan fingerprint density at radius 1 is 1.07 bits per heavy atom. The van der Waals surface area contributed by atoms with Crippen LogP contribution in [0.5, 0.6) is 17.2 Å². The predicted molar refractivity (Wildman–Crippen MR) is 176 cm³/mol. The Morgan fingerprint density at radius 3 is 2.41 bits per heavy atom. The highest BCUT2D eigenvalue weighted by Gasteiger charge is 2.35. The van der Waals surface area contributed by atoms with Crippen molar-refractivity contribution >= 4 is 45.0 Å². The number of hydrogen-bond acceptors (Lipinski definition) is 10. The Bertz CT molecular complexity index is 2030. The maximum atomic E-state index is 14.1. The lowest BCUT2D eigenvalue weighted by Crippen LogP contribution is -2.40. The van der Waals surface area contributed by atoms with Gasteiger partial charge in [-0.2, -0.15) is 0 Å². The molecule has 0 spiro atoms. The van der Waals surface area contributed by atoms with E-state index in [-0.39, 0.29) is 29.5 Å². The Morgan fingerprint density at radius 2 is 1.76 bits per heavy atom. The van der Waals surface area contributed by atoms with Crippen molar-refractivity contribution < 1.29 is 28.7 Å². The van der Waals surface area contributed by atoms with Gasteiger partial charge in [-0.15, -0.1) is 0 Å². The van der Waals surface area contributed by atoms with Crippen LogP contribution in [0.2, 0.25) is 0 Å². The van der Waals surface area contributed by atoms with Crippen LogP contribution in [0.25, 0.3) is 6.08 Å². The van der Waals surface area contributed by atoms with Crippen molar-refractivity contribution in [3.63, 3.8) is 0 Å². The van der Waals surface area contributed by atoms with E-state index in [2.05, 4.69) is 20.9 Å². The van der Waals surface area contributed by atoms with Crippen LogP contribution in [0.3, 0.4) is 0 Å². The van der Waals surface area contributed by atoms with E-state index in [4.69, 9.17) is 18.9 Å². The van der Waals surface area contributed by atoms with E-state index < -0.39 is 16.9 Å². The molecule has 46 heavy (non-hydrogen) atoms. The second-order valence-corrected chi connectivity index (χ2v) is 12.5. The number of rotatable bonds is 10. The SMILES string of the molecule is COc1cc(/C=c2\sc3n(c2=O)[C@@H](c2cc(Br)ccc2OC)C(C(=O)OC(C)C)=C(C)N=3)ccc1OCc1ccc([N+](=O)[O-])cc1. The lowest BCUT2D eigenvalue weighted by Gasteiger charge is -2.26. The van der Waals surface area contributed by atoms with Gasteiger partial charge >= 0.3 is 5.97 Å². The molecule has 1 aliphatic rings. The van der Waals surface area contributed by atoms with Crippen LogP contribution in [0.4, 0.5) is 5.69 Å². The Labute approximate surface area is 276 Å². The van der Waals surface area contributed by atoms with Crippen LogP contribution in [0.15, 0.2) is 86.2 Å². The molecule has 0 saturated heterocycles. The first-order valence-corrected chi connectivity index (χ1v) is 15.7. The molecule has 5 rings (SSSR count). The highest BCUT2D eigenvalue weighted by atomic mass is 79.9. The highest BCUT2D eigenvalue weighted by Crippen LogP contribution is 2.37. The monoisotopic (exact) mass is 707 g/mol. The van der Waals surface area contributed by atoms with Crippen LogP contribution in [-0.4, -0.2) is 35.8 Å². The van der Waals surface area contributed by atoms with Crippen molar-refractivity contribution in [2.24, 2.45) is 4.99 Å². The number of carbonyl (C=O) groups excluding carboxylic acids is 1. The molecule has 1 aromatic heterocycles. The van der Waals surface area contributed by atoms with Gasteiger partial charge < -0.3 is 18.9 Å². The zero-order chi connectivity index (χ0) is 33.1. The summed E-state index contributed by atoms with van der Waals surface area (Å²) < 4.78 is 25.4. The minimum Gasteiger partial charge on any atom is -0.496 e. The fourth-order valence-electron chi connectivity index (χ4n) is 4.99. The number of nitrogens with zero attached hydrogens (tertiary/aromatic N) is 3. The van der Waals surface area contributed by atoms with E-state index in [0.29, 0.717) is 43.4 Å². The van der Waals surface area contributed by atoms with Gasteiger partial charge in [0.05, 0.1) is 41.0 Å². The molecule has 1 atom stereocenters. The first-order valence-electron chi connectivity index (χ1n) is 14.1. The molecule has 0 N–H and O–H groups in total. The molecule has 2 heterocycles. The number of ether oxygens (including phenoxy) is 4. The molecule has 238 valence electrons. The number of carbonyl (C=O) groups is 1. The summed E-state index contributed by atoms with van der Waals surface area (Å²) in [6.07, 6.45) is 1.35. The molecule has 3 aromatic carbocycles. The second kappa shape index (κ2) is 13.7. The maximum absolute atomic E-state index is 14.1. The number of halogens is 1. The summed E-state index contributed by atoms with van der Waals surface area (Å²) in [4.78, 5) is 43.1. The lowest BCUT2D eigenvalue weighted by molar-refractivity contribution is -0.384. The standard InChI is InChI=1S/C33H30BrN3O8S/c1-18(2)45-32(39)29-19(3)35-33-36(30(29)24-16-22(34)9-13-25(24)42-4)31(38)28(46-33)15-21-8-12-26(27(14-21)43-5)44-17-20-6-10-23(11-7-20)37(40)41/h6-16,18,30H,17H2,1-5H3/b28-15-/t30-/m0/s1. The van der Waals surface area contributed by atoms with E-state index in [1.165, 1.54) is 42.3 Å². The zero-order valence-electron chi connectivity index (χ0n) is 25.6. The van der Waals surface area contributed by atoms with Gasteiger partial charge in [0.15, 0.2) is 16.3 Å². The molecule has 0 amide bonds. The number of esters is 1. The third-order valence-electron chi connectivity index (χ3n) is 7.10. The number of aromatic nitrogens is 1. The number of allylic oxidation sites excluding steroid dienone is 1. The van der Waals surface area contributed by atoms with Gasteiger partial charge in [-0.1, -0.05) is 33.3 Å². The summed E-state index contributed by atoms with van der Waals surface area (Å²) in [5.74, 6) is 0.841. The number of benzene rings is 3. The van der Waals surface area contributed by atoms with Gasteiger partial charge in [0.25, 0.3) is 11.2 Å². The van der Waals surface area contributed by atoms with E-state index in [9.17, 15) is 19.7 Å². The first-order chi connectivity index (χ1) is 22.0. The van der Waals surface area contributed by atoms with Crippen LogP contribution < -0.4 is 29.1 Å². The first kappa shape index (κ1) is 32.6. The number of nitro groups is 1. The molecule has 0 fully saturated rings. The summed E-state index contributed by atoms with van der Waals surface area (Å²) in [7, 11) is 3.05. The minimum absolute atomic E-state index is 0.0000591. The third-order valence-corrected chi connectivity index (χ3v) is 8.57. The molecular weight excluding hydrogens is 678 g/mol. The van der Waals surface area contributed by atoms with Gasteiger partial charge in [-0.3, -0.25) is 19.5 Å². The van der Waals surface area contributed by atoms with E-state index in [0.717, 1.165) is 10.0 Å². The Hall–Kier alpha value is -4.75. The van der Waals surface area contributed by atoms with Gasteiger partial charge in [0, 0.05) is 22.2 Å². The molecule has 0 saturated carbocycles. The topological polar surface area (TPSA) is 131 Å². The van der Waals surface area contributed by atoms with Gasteiger partial charge in [0.2, 0.25) is 0 Å². The van der Waals surface area contributed by atoms with Crippen LogP contribution in [0.1, 0.15) is 43.5 Å². The van der Waals surface area contributed by atoms with Crippen LogP contribution in [0, 0.1) is 10.1 Å². The fraction of sp³-hybridized carbons (Fsp3) is 0.242. The highest BCUT2D eigenvalue weighted by molar-refractivity contribution is 9.10. The largest absolute Gasteiger partial charge is 0.496 e. The number of hydrogen-bond donors (Lipinski definition) is 0. The molecule has 4 aromatic rings. The van der Waals surface area contributed by atoms with Crippen molar-refractivity contribution in [1.82, 2.24) is 4.57 Å². The Balaban J connectivity index is 1.54. The molecule has 0 unspecified atom stereocenters. The average Bonchev–Trinajstić information content (AvgIpc) is 3.32.